The molecule has 0 atom stereocenters. The van der Waals surface area contributed by atoms with Gasteiger partial charge in [0.2, 0.25) is 0 Å². The van der Waals surface area contributed by atoms with Crippen molar-refractivity contribution in [1.82, 2.24) is 0 Å². The van der Waals surface area contributed by atoms with Crippen molar-refractivity contribution in [1.29, 1.82) is 10.5 Å². The minimum absolute atomic E-state index is 0.346. The Labute approximate surface area is 78.3 Å². The summed E-state index contributed by atoms with van der Waals surface area (Å²) in [5, 5.41) is 16.9. The summed E-state index contributed by atoms with van der Waals surface area (Å²) in [6.45, 7) is 0. The maximum absolute atomic E-state index is 8.47. The molecular formula is C8H5BrN2O. The fourth-order valence-electron chi connectivity index (χ4n) is 0.783. The fourth-order valence-corrected chi connectivity index (χ4v) is 1.12. The summed E-state index contributed by atoms with van der Waals surface area (Å²) in [6, 6.07) is 7.23. The summed E-state index contributed by atoms with van der Waals surface area (Å²) >= 11 is 3.13. The molecule has 0 aliphatic heterocycles. The number of rotatable bonds is 2. The van der Waals surface area contributed by atoms with Gasteiger partial charge in [-0.1, -0.05) is 0 Å². The zero-order valence-electron chi connectivity index (χ0n) is 6.12. The van der Waals surface area contributed by atoms with Crippen molar-refractivity contribution >= 4 is 15.9 Å². The van der Waals surface area contributed by atoms with Gasteiger partial charge in [0.15, 0.2) is 4.67 Å². The highest BCUT2D eigenvalue weighted by Gasteiger charge is 2.09. The van der Waals surface area contributed by atoms with Gasteiger partial charge >= 0.3 is 0 Å². The van der Waals surface area contributed by atoms with Gasteiger partial charge in [0.25, 0.3) is 0 Å². The molecule has 0 aliphatic rings. The zero-order valence-corrected chi connectivity index (χ0v) is 7.71. The summed E-state index contributed by atoms with van der Waals surface area (Å²) in [4.78, 5) is 0. The van der Waals surface area contributed by atoms with E-state index in [1.165, 1.54) is 0 Å². The van der Waals surface area contributed by atoms with Gasteiger partial charge < -0.3 is 4.42 Å². The quantitative estimate of drug-likeness (QED) is 0.775. The van der Waals surface area contributed by atoms with Gasteiger partial charge in [-0.25, -0.2) is 0 Å². The average Bonchev–Trinajstić information content (AvgIpc) is 2.47. The molecule has 4 heteroatoms. The molecule has 0 radical (unpaired) electrons. The molecule has 1 aromatic heterocycles. The van der Waals surface area contributed by atoms with E-state index in [2.05, 4.69) is 15.9 Å². The fraction of sp³-hybridized carbons (Fsp3) is 0.250. The van der Waals surface area contributed by atoms with Crippen LogP contribution in [-0.4, -0.2) is 0 Å². The number of halogens is 1. The molecule has 1 aromatic rings. The van der Waals surface area contributed by atoms with E-state index in [0.29, 0.717) is 16.9 Å². The molecule has 1 rings (SSSR count). The van der Waals surface area contributed by atoms with Crippen LogP contribution >= 0.6 is 15.9 Å². The van der Waals surface area contributed by atoms with Gasteiger partial charge in [-0.05, 0) is 28.1 Å². The monoisotopic (exact) mass is 224 g/mol. The zero-order chi connectivity index (χ0) is 8.97. The van der Waals surface area contributed by atoms with Gasteiger partial charge in [-0.2, -0.15) is 10.5 Å². The Kier molecular flexibility index (Phi) is 2.90. The third-order valence-electron chi connectivity index (χ3n) is 1.35. The second-order valence-electron chi connectivity index (χ2n) is 2.22. The predicted molar refractivity (Wildman–Crippen MR) is 44.8 cm³/mol. The Morgan fingerprint density at radius 1 is 1.42 bits per heavy atom. The molecule has 0 saturated carbocycles. The average molecular weight is 225 g/mol. The van der Waals surface area contributed by atoms with Gasteiger partial charge in [-0.3, -0.25) is 0 Å². The van der Waals surface area contributed by atoms with E-state index < -0.39 is 5.92 Å². The number of nitriles is 2. The van der Waals surface area contributed by atoms with Crippen molar-refractivity contribution in [2.75, 3.05) is 0 Å². The molecule has 0 spiro atoms. The Hall–Kier alpha value is -1.26. The number of furan rings is 1. The molecule has 1 heterocycles. The number of hydrogen-bond donors (Lipinski definition) is 0. The Balaban J connectivity index is 2.66. The highest BCUT2D eigenvalue weighted by atomic mass is 79.9. The number of nitrogens with zero attached hydrogens (tertiary/aromatic N) is 2. The lowest BCUT2D eigenvalue weighted by atomic mass is 10.1. The van der Waals surface area contributed by atoms with Crippen molar-refractivity contribution in [3.05, 3.63) is 22.6 Å². The van der Waals surface area contributed by atoms with Crippen molar-refractivity contribution in [2.45, 2.75) is 6.42 Å². The van der Waals surface area contributed by atoms with Crippen molar-refractivity contribution in [3.8, 4) is 12.1 Å². The van der Waals surface area contributed by atoms with E-state index in [4.69, 9.17) is 14.9 Å². The minimum atomic E-state index is -0.622. The topological polar surface area (TPSA) is 60.7 Å². The lowest BCUT2D eigenvalue weighted by molar-refractivity contribution is 0.478. The van der Waals surface area contributed by atoms with E-state index in [-0.39, 0.29) is 0 Å². The van der Waals surface area contributed by atoms with Crippen LogP contribution in [0.3, 0.4) is 0 Å². The highest BCUT2D eigenvalue weighted by molar-refractivity contribution is 9.10. The maximum Gasteiger partial charge on any atom is 0.169 e. The SMILES string of the molecule is N#CC(C#N)Cc1ccc(Br)o1. The molecule has 60 valence electrons. The normalized spacial score (nSPS) is 9.33. The van der Waals surface area contributed by atoms with Gasteiger partial charge in [0, 0.05) is 6.42 Å². The Morgan fingerprint density at radius 3 is 2.50 bits per heavy atom. The minimum Gasteiger partial charge on any atom is -0.454 e. The second-order valence-corrected chi connectivity index (χ2v) is 3.00. The number of hydrogen-bond acceptors (Lipinski definition) is 3. The first-order chi connectivity index (χ1) is 5.76. The molecule has 0 amide bonds. The summed E-state index contributed by atoms with van der Waals surface area (Å²) in [7, 11) is 0. The van der Waals surface area contributed by atoms with Crippen LogP contribution in [0.4, 0.5) is 0 Å². The van der Waals surface area contributed by atoms with Gasteiger partial charge in [-0.15, -0.1) is 0 Å². The maximum atomic E-state index is 8.47. The predicted octanol–water partition coefficient (Wildman–Crippen LogP) is 2.25. The molecule has 12 heavy (non-hydrogen) atoms. The molecule has 0 bridgehead atoms. The Bertz CT molecular complexity index is 331. The summed E-state index contributed by atoms with van der Waals surface area (Å²) in [5.74, 6) is 0.0259. The lowest BCUT2D eigenvalue weighted by Gasteiger charge is -1.93. The van der Waals surface area contributed by atoms with Crippen LogP contribution in [0.25, 0.3) is 0 Å². The first kappa shape index (κ1) is 8.83. The molecule has 0 saturated heterocycles. The van der Waals surface area contributed by atoms with Crippen LogP contribution in [0.5, 0.6) is 0 Å². The smallest absolute Gasteiger partial charge is 0.169 e. The Morgan fingerprint density at radius 2 is 2.08 bits per heavy atom. The van der Waals surface area contributed by atoms with Crippen LogP contribution in [0, 0.1) is 28.6 Å². The van der Waals surface area contributed by atoms with E-state index in [1.54, 1.807) is 12.1 Å². The largest absolute Gasteiger partial charge is 0.454 e. The highest BCUT2D eigenvalue weighted by Crippen LogP contribution is 2.16. The second kappa shape index (κ2) is 3.94. The van der Waals surface area contributed by atoms with E-state index in [9.17, 15) is 0 Å². The van der Waals surface area contributed by atoms with E-state index >= 15 is 0 Å². The molecule has 0 unspecified atom stereocenters. The summed E-state index contributed by atoms with van der Waals surface area (Å²) in [6.07, 6.45) is 0.346. The van der Waals surface area contributed by atoms with Crippen molar-refractivity contribution in [3.63, 3.8) is 0 Å². The molecule has 0 aliphatic carbocycles. The van der Waals surface area contributed by atoms with Crippen molar-refractivity contribution < 1.29 is 4.42 Å². The third kappa shape index (κ3) is 2.11. The molecular weight excluding hydrogens is 220 g/mol. The lowest BCUT2D eigenvalue weighted by Crippen LogP contribution is -1.96. The van der Waals surface area contributed by atoms with Crippen LogP contribution < -0.4 is 0 Å². The van der Waals surface area contributed by atoms with Gasteiger partial charge in [0.05, 0.1) is 12.1 Å². The third-order valence-corrected chi connectivity index (χ3v) is 1.77. The van der Waals surface area contributed by atoms with Crippen LogP contribution in [-0.2, 0) is 6.42 Å². The molecule has 0 fully saturated rings. The van der Waals surface area contributed by atoms with Gasteiger partial charge in [0.1, 0.15) is 11.7 Å². The first-order valence-electron chi connectivity index (χ1n) is 3.29. The van der Waals surface area contributed by atoms with Crippen LogP contribution in [0.15, 0.2) is 21.2 Å². The standard InChI is InChI=1S/C8H5BrN2O/c9-8-2-1-7(12-8)3-6(4-10)5-11/h1-2,6H,3H2. The van der Waals surface area contributed by atoms with Crippen molar-refractivity contribution in [2.24, 2.45) is 5.92 Å². The van der Waals surface area contributed by atoms with Crippen LogP contribution in [0.1, 0.15) is 5.76 Å². The van der Waals surface area contributed by atoms with E-state index in [0.717, 1.165) is 0 Å². The molecule has 0 N–H and O–H groups in total. The van der Waals surface area contributed by atoms with E-state index in [1.807, 2.05) is 12.1 Å². The van der Waals surface area contributed by atoms with Crippen LogP contribution in [0.2, 0.25) is 0 Å². The first-order valence-corrected chi connectivity index (χ1v) is 4.09. The summed E-state index contributed by atoms with van der Waals surface area (Å²) in [5.41, 5.74) is 0. The molecule has 3 nitrogen and oxygen atoms in total. The molecule has 0 aromatic carbocycles. The summed E-state index contributed by atoms with van der Waals surface area (Å²) < 4.78 is 5.75.